The number of carbonyl (C=O) groups is 5. The standard InChI is InChI=1S/C27H34O9/c1-15(2)35-24(32)34-14-21(30)27(36-23(31)33-5)11-9-19-18-7-6-16-12-17(28)8-10-25(16,3)22(18)20(29)13-26(19,27)4/h8,10,12,15,18-19,22H,6-7,9,11,13-14H2,1-5H3/t18-,19-,22+,25-,26-,27-/m0/s1. The van der Waals surface area contributed by atoms with E-state index in [0.717, 1.165) is 12.7 Å². The van der Waals surface area contributed by atoms with Crippen LogP contribution in [0.3, 0.4) is 0 Å². The Bertz CT molecular complexity index is 1060. The lowest BCUT2D eigenvalue weighted by molar-refractivity contribution is -0.173. The molecule has 3 fully saturated rings. The summed E-state index contributed by atoms with van der Waals surface area (Å²) < 4.78 is 20.4. The number of carbonyl (C=O) groups excluding carboxylic acids is 5. The number of methoxy groups -OCH3 is 1. The summed E-state index contributed by atoms with van der Waals surface area (Å²) >= 11 is 0. The third-order valence-corrected chi connectivity index (χ3v) is 8.90. The van der Waals surface area contributed by atoms with Gasteiger partial charge in [-0.05, 0) is 63.5 Å². The van der Waals surface area contributed by atoms with E-state index in [1.54, 1.807) is 19.9 Å². The molecule has 0 radical (unpaired) electrons. The van der Waals surface area contributed by atoms with Crippen LogP contribution in [0.2, 0.25) is 0 Å². The molecular weight excluding hydrogens is 468 g/mol. The van der Waals surface area contributed by atoms with Crippen molar-refractivity contribution < 1.29 is 42.9 Å². The minimum absolute atomic E-state index is 0.0165. The number of hydrogen-bond donors (Lipinski definition) is 0. The molecule has 3 saturated carbocycles. The molecular formula is C27H34O9. The molecule has 9 heteroatoms. The summed E-state index contributed by atoms with van der Waals surface area (Å²) in [6.07, 6.45) is 4.72. The number of fused-ring (bicyclic) bond motifs is 5. The van der Waals surface area contributed by atoms with Gasteiger partial charge < -0.3 is 18.9 Å². The SMILES string of the molecule is COC(=O)O[C@]1(C(=O)COC(=O)OC(C)C)CC[C@H]2[C@@H]3CCC4=CC(=O)C=C[C@]4(C)[C@H]3C(=O)C[C@@]21C. The van der Waals surface area contributed by atoms with Crippen molar-refractivity contribution >= 4 is 29.7 Å². The van der Waals surface area contributed by atoms with Crippen molar-refractivity contribution in [2.75, 3.05) is 13.7 Å². The quantitative estimate of drug-likeness (QED) is 0.511. The second-order valence-corrected chi connectivity index (χ2v) is 11.1. The molecule has 0 aromatic carbocycles. The molecule has 0 unspecified atom stereocenters. The zero-order valence-electron chi connectivity index (χ0n) is 21.5. The van der Waals surface area contributed by atoms with Crippen LogP contribution in [0.4, 0.5) is 9.59 Å². The van der Waals surface area contributed by atoms with Gasteiger partial charge >= 0.3 is 12.3 Å². The van der Waals surface area contributed by atoms with E-state index in [2.05, 4.69) is 0 Å². The van der Waals surface area contributed by atoms with Crippen molar-refractivity contribution in [3.05, 3.63) is 23.8 Å². The van der Waals surface area contributed by atoms with E-state index >= 15 is 0 Å². The maximum Gasteiger partial charge on any atom is 0.509 e. The van der Waals surface area contributed by atoms with Gasteiger partial charge in [0, 0.05) is 23.2 Å². The van der Waals surface area contributed by atoms with Crippen molar-refractivity contribution in [3.63, 3.8) is 0 Å². The number of ether oxygens (including phenoxy) is 4. The molecule has 4 aliphatic carbocycles. The zero-order chi connectivity index (χ0) is 26.5. The zero-order valence-corrected chi connectivity index (χ0v) is 21.5. The molecule has 0 amide bonds. The monoisotopic (exact) mass is 502 g/mol. The Kier molecular flexibility index (Phi) is 6.64. The number of ketones is 3. The molecule has 0 heterocycles. The van der Waals surface area contributed by atoms with E-state index in [1.165, 1.54) is 6.08 Å². The van der Waals surface area contributed by atoms with Crippen LogP contribution in [-0.2, 0) is 33.3 Å². The van der Waals surface area contributed by atoms with Crippen LogP contribution in [-0.4, -0.2) is 55.1 Å². The second-order valence-electron chi connectivity index (χ2n) is 11.1. The molecule has 0 aromatic rings. The average Bonchev–Trinajstić information content (AvgIpc) is 3.09. The molecule has 196 valence electrons. The van der Waals surface area contributed by atoms with Crippen LogP contribution in [0.15, 0.2) is 23.8 Å². The summed E-state index contributed by atoms with van der Waals surface area (Å²) in [5.74, 6) is -1.18. The van der Waals surface area contributed by atoms with Gasteiger partial charge in [0.2, 0.25) is 5.78 Å². The summed E-state index contributed by atoms with van der Waals surface area (Å²) in [6.45, 7) is 6.48. The van der Waals surface area contributed by atoms with Crippen LogP contribution in [0.5, 0.6) is 0 Å². The van der Waals surface area contributed by atoms with Gasteiger partial charge in [-0.15, -0.1) is 0 Å². The Morgan fingerprint density at radius 3 is 2.50 bits per heavy atom. The maximum atomic E-state index is 13.8. The fourth-order valence-corrected chi connectivity index (χ4v) is 7.35. The highest BCUT2D eigenvalue weighted by Crippen LogP contribution is 2.67. The molecule has 0 bridgehead atoms. The van der Waals surface area contributed by atoms with Crippen molar-refractivity contribution in [1.29, 1.82) is 0 Å². The maximum absolute atomic E-state index is 13.8. The number of hydrogen-bond acceptors (Lipinski definition) is 9. The molecule has 4 aliphatic rings. The Morgan fingerprint density at radius 2 is 1.83 bits per heavy atom. The highest BCUT2D eigenvalue weighted by atomic mass is 16.7. The summed E-state index contributed by atoms with van der Waals surface area (Å²) in [4.78, 5) is 63.7. The van der Waals surface area contributed by atoms with Gasteiger partial charge in [0.25, 0.3) is 0 Å². The lowest BCUT2D eigenvalue weighted by Crippen LogP contribution is -2.62. The van der Waals surface area contributed by atoms with Crippen molar-refractivity contribution in [2.45, 2.75) is 71.5 Å². The van der Waals surface area contributed by atoms with E-state index in [-0.39, 0.29) is 42.2 Å². The van der Waals surface area contributed by atoms with Gasteiger partial charge in [-0.3, -0.25) is 14.4 Å². The fraction of sp³-hybridized carbons (Fsp3) is 0.667. The van der Waals surface area contributed by atoms with Crippen LogP contribution in [0.1, 0.15) is 59.8 Å². The van der Waals surface area contributed by atoms with Gasteiger partial charge in [0.05, 0.1) is 13.2 Å². The van der Waals surface area contributed by atoms with Gasteiger partial charge in [0.15, 0.2) is 18.0 Å². The third-order valence-electron chi connectivity index (χ3n) is 8.90. The van der Waals surface area contributed by atoms with E-state index in [9.17, 15) is 24.0 Å². The highest BCUT2D eigenvalue weighted by Gasteiger charge is 2.70. The second kappa shape index (κ2) is 9.16. The summed E-state index contributed by atoms with van der Waals surface area (Å²) in [6, 6.07) is 0. The molecule has 0 saturated heterocycles. The minimum Gasteiger partial charge on any atom is -0.438 e. The Hall–Kier alpha value is -2.97. The highest BCUT2D eigenvalue weighted by molar-refractivity contribution is 6.02. The van der Waals surface area contributed by atoms with Gasteiger partial charge in [-0.2, -0.15) is 0 Å². The molecule has 36 heavy (non-hydrogen) atoms. The average molecular weight is 503 g/mol. The van der Waals surface area contributed by atoms with Crippen LogP contribution in [0, 0.1) is 28.6 Å². The molecule has 0 aliphatic heterocycles. The Labute approximate surface area is 210 Å². The van der Waals surface area contributed by atoms with Crippen LogP contribution >= 0.6 is 0 Å². The van der Waals surface area contributed by atoms with Crippen molar-refractivity contribution in [1.82, 2.24) is 0 Å². The summed E-state index contributed by atoms with van der Waals surface area (Å²) in [5.41, 5.74) is -2.28. The van der Waals surface area contributed by atoms with Gasteiger partial charge in [0.1, 0.15) is 5.78 Å². The third kappa shape index (κ3) is 3.96. The number of Topliss-reactive ketones (excluding diaryl/α,β-unsaturated/α-hetero) is 2. The lowest BCUT2D eigenvalue weighted by atomic mass is 9.46. The van der Waals surface area contributed by atoms with E-state index in [1.807, 2.05) is 19.9 Å². The van der Waals surface area contributed by atoms with E-state index in [0.29, 0.717) is 19.3 Å². The van der Waals surface area contributed by atoms with Crippen LogP contribution in [0.25, 0.3) is 0 Å². The molecule has 0 spiro atoms. The molecule has 0 N–H and O–H groups in total. The van der Waals surface area contributed by atoms with E-state index in [4.69, 9.17) is 18.9 Å². The van der Waals surface area contributed by atoms with Crippen molar-refractivity contribution in [2.24, 2.45) is 28.6 Å². The summed E-state index contributed by atoms with van der Waals surface area (Å²) in [7, 11) is 1.15. The van der Waals surface area contributed by atoms with Crippen molar-refractivity contribution in [3.8, 4) is 0 Å². The predicted octanol–water partition coefficient (Wildman–Crippen LogP) is 4.13. The molecule has 0 aromatic heterocycles. The number of allylic oxidation sites excluding steroid dienone is 4. The molecule has 6 atom stereocenters. The first kappa shape index (κ1) is 26.1. The van der Waals surface area contributed by atoms with Crippen LogP contribution < -0.4 is 0 Å². The fourth-order valence-electron chi connectivity index (χ4n) is 7.35. The largest absolute Gasteiger partial charge is 0.509 e. The minimum atomic E-state index is -1.68. The Morgan fingerprint density at radius 1 is 1.11 bits per heavy atom. The lowest BCUT2D eigenvalue weighted by Gasteiger charge is -2.57. The van der Waals surface area contributed by atoms with Gasteiger partial charge in [-0.1, -0.05) is 25.5 Å². The summed E-state index contributed by atoms with van der Waals surface area (Å²) in [5, 5.41) is 0. The first-order valence-electron chi connectivity index (χ1n) is 12.5. The number of rotatable bonds is 5. The first-order valence-corrected chi connectivity index (χ1v) is 12.5. The predicted molar refractivity (Wildman–Crippen MR) is 126 cm³/mol. The smallest absolute Gasteiger partial charge is 0.438 e. The normalized spacial score (nSPS) is 36.8. The first-order chi connectivity index (χ1) is 16.9. The Balaban J connectivity index is 1.67. The van der Waals surface area contributed by atoms with Gasteiger partial charge in [-0.25, -0.2) is 9.59 Å². The topological polar surface area (TPSA) is 122 Å². The molecule has 4 rings (SSSR count). The van der Waals surface area contributed by atoms with E-state index < -0.39 is 47.2 Å². The molecule has 9 nitrogen and oxygen atoms in total.